The van der Waals surface area contributed by atoms with Gasteiger partial charge in [-0.05, 0) is 221 Å². The first-order chi connectivity index (χ1) is 61.5. The Balaban J connectivity index is 0.0000000901. The van der Waals surface area contributed by atoms with Gasteiger partial charge in [0.15, 0.2) is 115 Å². The fraction of sp³-hybridized carbons (Fsp3) is 0.283. The molecule has 1 atom stereocenters. The van der Waals surface area contributed by atoms with Crippen LogP contribution in [0.2, 0.25) is 0 Å². The topological polar surface area (TPSA) is 225 Å². The van der Waals surface area contributed by atoms with Crippen LogP contribution in [0.15, 0.2) is 121 Å². The minimum Gasteiger partial charge on any atom is -0.493 e. The molecular formula is C99H86N6O20. The summed E-state index contributed by atoms with van der Waals surface area (Å²) in [5.41, 5.74) is 30.0. The summed E-state index contributed by atoms with van der Waals surface area (Å²) in [5, 5.41) is 9.95. The molecule has 0 N–H and O–H groups in total. The average molecular weight is 1680 g/mol. The number of methoxy groups -OCH3 is 6. The van der Waals surface area contributed by atoms with Gasteiger partial charge in [0.2, 0.25) is 47.6 Å². The van der Waals surface area contributed by atoms with Crippen LogP contribution in [0.5, 0.6) is 115 Å². The van der Waals surface area contributed by atoms with Crippen LogP contribution >= 0.6 is 0 Å². The Morgan fingerprint density at radius 2 is 0.608 bits per heavy atom. The van der Waals surface area contributed by atoms with E-state index in [4.69, 9.17) is 94.7 Å². The van der Waals surface area contributed by atoms with Gasteiger partial charge in [-0.15, -0.1) is 0 Å². The Labute approximate surface area is 720 Å². The number of benzene rings is 10. The highest BCUT2D eigenvalue weighted by Gasteiger charge is 2.41. The maximum Gasteiger partial charge on any atom is 0.231 e. The van der Waals surface area contributed by atoms with E-state index in [-0.39, 0.29) is 13.6 Å². The molecule has 0 radical (unpaired) electrons. The first kappa shape index (κ1) is 75.4. The zero-order valence-electron chi connectivity index (χ0n) is 69.7. The lowest BCUT2D eigenvalue weighted by Gasteiger charge is -2.40. The van der Waals surface area contributed by atoms with Crippen molar-refractivity contribution in [2.24, 2.45) is 0 Å². The third-order valence-electron chi connectivity index (χ3n) is 26.2. The summed E-state index contributed by atoms with van der Waals surface area (Å²) in [6, 6.07) is 43.4. The summed E-state index contributed by atoms with van der Waals surface area (Å²) in [5.74, 6) is 16.2. The van der Waals surface area contributed by atoms with Crippen LogP contribution in [-0.2, 0) is 58.3 Å². The Morgan fingerprint density at radius 3 is 1.06 bits per heavy atom. The van der Waals surface area contributed by atoms with Crippen LogP contribution < -0.4 is 94.7 Å². The zero-order valence-corrected chi connectivity index (χ0v) is 69.7. The highest BCUT2D eigenvalue weighted by atomic mass is 16.7. The first-order valence-electron chi connectivity index (χ1n) is 42.0. The molecule has 27 rings (SSSR count). The van der Waals surface area contributed by atoms with Crippen LogP contribution in [0.25, 0.3) is 58.9 Å². The molecule has 0 saturated heterocycles. The molecule has 17 heterocycles. The lowest BCUT2D eigenvalue weighted by Crippen LogP contribution is -2.35. The van der Waals surface area contributed by atoms with Crippen molar-refractivity contribution in [3.05, 3.63) is 233 Å². The number of hydrogen-bond donors (Lipinski definition) is 0. The van der Waals surface area contributed by atoms with Crippen LogP contribution in [0, 0.1) is 11.3 Å². The van der Waals surface area contributed by atoms with Gasteiger partial charge in [0, 0.05) is 137 Å². The second-order valence-corrected chi connectivity index (χ2v) is 32.4. The van der Waals surface area contributed by atoms with Gasteiger partial charge < -0.3 is 119 Å². The Kier molecular flexibility index (Phi) is 18.4. The second-order valence-electron chi connectivity index (χ2n) is 32.4. The van der Waals surface area contributed by atoms with Gasteiger partial charge in [0.1, 0.15) is 6.04 Å². The van der Waals surface area contributed by atoms with Crippen molar-refractivity contribution >= 4 is 58.9 Å². The summed E-state index contributed by atoms with van der Waals surface area (Å²) < 4.78 is 111. The van der Waals surface area contributed by atoms with Crippen LogP contribution in [0.4, 0.5) is 0 Å². The van der Waals surface area contributed by atoms with Crippen LogP contribution in [0.1, 0.15) is 117 Å². The molecule has 17 aliphatic heterocycles. The van der Waals surface area contributed by atoms with Gasteiger partial charge in [-0.1, -0.05) is 24.3 Å². The maximum absolute atomic E-state index is 9.95. The quantitative estimate of drug-likeness (QED) is 0.151. The molecule has 10 aromatic carbocycles. The van der Waals surface area contributed by atoms with Crippen LogP contribution in [0.3, 0.4) is 0 Å². The summed E-state index contributed by atoms with van der Waals surface area (Å²) in [4.78, 5) is 11.8. The van der Waals surface area contributed by atoms with E-state index in [9.17, 15) is 5.26 Å². The van der Waals surface area contributed by atoms with Gasteiger partial charge in [0.25, 0.3) is 0 Å². The molecule has 0 aliphatic carbocycles. The Morgan fingerprint density at radius 1 is 0.280 bits per heavy atom. The number of rotatable bonds is 6. The van der Waals surface area contributed by atoms with Crippen molar-refractivity contribution in [1.82, 2.24) is 24.5 Å². The van der Waals surface area contributed by atoms with Gasteiger partial charge in [-0.2, -0.15) is 5.26 Å². The second kappa shape index (κ2) is 30.5. The van der Waals surface area contributed by atoms with Gasteiger partial charge in [0.05, 0.1) is 48.7 Å². The van der Waals surface area contributed by atoms with Crippen molar-refractivity contribution in [2.75, 3.05) is 123 Å². The Bertz CT molecular complexity index is 6370. The molecule has 0 amide bonds. The SMILES string of the molecule is C1=C2c3cc4c(cc3CCN2Cc2c1ccc1c2OCO1)OCO4.C1=C2c3cc4c(cc3CCN2Cc2cc3c(cc21)OCO3)OCO4.COc1cc2c(cc1OC)C1=Cc3ccc(OC)c(OC)c3CN1CC2.COc1ccc2c(c1OC)CN1CCc3cc4c(cc3C1=C2)OCO4.N#CC1c2c(ccc3c2OCO3)C=C2c3cc4c(cc3CCN21)OCO4. The normalized spacial score (nSPS) is 17.8. The molecule has 26 nitrogen and oxygen atoms in total. The summed E-state index contributed by atoms with van der Waals surface area (Å²) in [6.45, 7) is 10.1. The minimum absolute atomic E-state index is 0.201. The highest BCUT2D eigenvalue weighted by Crippen LogP contribution is 2.55. The molecule has 1 unspecified atom stereocenters. The number of ether oxygens (including phenoxy) is 20. The highest BCUT2D eigenvalue weighted by molar-refractivity contribution is 5.93. The minimum atomic E-state index is -0.403. The van der Waals surface area contributed by atoms with E-state index in [1.165, 1.54) is 112 Å². The molecule has 17 aliphatic rings. The van der Waals surface area contributed by atoms with Gasteiger partial charge in [-0.25, -0.2) is 0 Å². The van der Waals surface area contributed by atoms with E-state index in [1.54, 1.807) is 42.7 Å². The van der Waals surface area contributed by atoms with E-state index >= 15 is 0 Å². The molecule has 0 fully saturated rings. The fourth-order valence-corrected chi connectivity index (χ4v) is 20.0. The molecule has 0 spiro atoms. The van der Waals surface area contributed by atoms with E-state index < -0.39 is 6.04 Å². The maximum atomic E-state index is 9.95. The lowest BCUT2D eigenvalue weighted by atomic mass is 9.86. The first-order valence-corrected chi connectivity index (χ1v) is 42.0. The Hall–Kier alpha value is -14.6. The van der Waals surface area contributed by atoms with Gasteiger partial charge >= 0.3 is 0 Å². The molecule has 0 bridgehead atoms. The third kappa shape index (κ3) is 12.8. The molecule has 0 aromatic heterocycles. The predicted molar refractivity (Wildman–Crippen MR) is 461 cm³/mol. The van der Waals surface area contributed by atoms with Gasteiger partial charge in [-0.3, -0.25) is 0 Å². The average Bonchev–Trinajstić information content (AvgIpc) is 1.63. The standard InChI is InChI=1S/C21H23NO4.C20H14N2O4.C20H19NO4.2C19H15NO4/c1-23-18-6-5-13-9-17-15-11-20(25-3)19(24-2)10-14(15)7-8-22(17)12-16(13)21(18)26-4;21-8-15-19-12(1-2-16-20(19)26-10-23-16)5-14-13-7-18-17(24-9-25-18)6-11(13)3-4-22(14)15;1-22-17-4-3-12-7-16-14-9-19-18(24-11-25-19)8-13(14)5-6-21(16)10-15(12)20(17)23-2;1-2-20-8-13-6-18-17(22-9-23-18)5-12(13)3-15(20)14-7-19-16(4-11(1)14)21-10-24-19;1-2-16-19(24-10-21-16)14-8-20-4-3-12-6-17-18(23-9-22-17)7-13(12)15(20)5-11(1)14/h5-6,9-11H,7-8,12H2,1-4H3;1-2,5-7,15H,3-4,9-10H2;3-4,7-9H,5-6,10-11H2,1-2H3;3-7H,1-2,8-10H2;1-2,5-7H,3-4,8-10H2. The number of nitrogens with zero attached hydrogens (tertiary/aromatic N) is 6. The third-order valence-corrected chi connectivity index (χ3v) is 26.2. The van der Waals surface area contributed by atoms with Crippen molar-refractivity contribution in [3.63, 3.8) is 0 Å². The van der Waals surface area contributed by atoms with E-state index in [0.29, 0.717) is 45.5 Å². The van der Waals surface area contributed by atoms with Crippen molar-refractivity contribution in [3.8, 4) is 121 Å². The number of nitriles is 1. The fourth-order valence-electron chi connectivity index (χ4n) is 20.0. The zero-order chi connectivity index (χ0) is 83.8. The molecule has 0 saturated carbocycles. The lowest BCUT2D eigenvalue weighted by molar-refractivity contribution is 0.172. The predicted octanol–water partition coefficient (Wildman–Crippen LogP) is 16.0. The van der Waals surface area contributed by atoms with E-state index in [0.717, 1.165) is 222 Å². The molecular weight excluding hydrogens is 1590 g/mol. The molecule has 125 heavy (non-hydrogen) atoms. The summed E-state index contributed by atoms with van der Waals surface area (Å²) >= 11 is 0. The summed E-state index contributed by atoms with van der Waals surface area (Å²) in [7, 11) is 10.1. The van der Waals surface area contributed by atoms with Crippen molar-refractivity contribution < 1.29 is 94.7 Å². The number of fused-ring (bicyclic) bond motifs is 29. The molecule has 632 valence electrons. The monoisotopic (exact) mass is 1680 g/mol. The molecule has 26 heteroatoms. The number of hydrogen-bond acceptors (Lipinski definition) is 26. The van der Waals surface area contributed by atoms with Crippen molar-refractivity contribution in [1.29, 1.82) is 5.26 Å². The van der Waals surface area contributed by atoms with Crippen molar-refractivity contribution in [2.45, 2.75) is 64.3 Å². The smallest absolute Gasteiger partial charge is 0.231 e. The van der Waals surface area contributed by atoms with Crippen LogP contribution in [-0.4, -0.2) is 147 Å². The van der Waals surface area contributed by atoms with E-state index in [2.05, 4.69) is 146 Å². The van der Waals surface area contributed by atoms with E-state index in [1.807, 2.05) is 36.4 Å². The largest absolute Gasteiger partial charge is 0.493 e. The molecule has 10 aromatic rings. The summed E-state index contributed by atoms with van der Waals surface area (Å²) in [6.07, 6.45) is 15.9.